The van der Waals surface area contributed by atoms with Gasteiger partial charge in [0.1, 0.15) is 6.04 Å². The predicted molar refractivity (Wildman–Crippen MR) is 108 cm³/mol. The summed E-state index contributed by atoms with van der Waals surface area (Å²) in [6.45, 7) is 2.38. The second kappa shape index (κ2) is 9.23. The summed E-state index contributed by atoms with van der Waals surface area (Å²) in [5.74, 6) is -1.11. The molecule has 0 aliphatic carbocycles. The molecular formula is C21H23N5O3. The lowest BCUT2D eigenvalue weighted by molar-refractivity contribution is -0.133. The first kappa shape index (κ1) is 20.4. The van der Waals surface area contributed by atoms with E-state index in [1.807, 2.05) is 24.3 Å². The second-order valence-corrected chi connectivity index (χ2v) is 6.97. The molecule has 2 N–H and O–H groups in total. The Bertz CT molecular complexity index is 938. The number of azide groups is 1. The van der Waals surface area contributed by atoms with Crippen LogP contribution in [0.3, 0.4) is 0 Å². The van der Waals surface area contributed by atoms with E-state index >= 15 is 0 Å². The van der Waals surface area contributed by atoms with E-state index in [0.717, 1.165) is 24.0 Å². The normalized spacial score (nSPS) is 18.2. The van der Waals surface area contributed by atoms with Crippen LogP contribution in [-0.2, 0) is 11.2 Å². The lowest BCUT2D eigenvalue weighted by Gasteiger charge is -2.25. The fourth-order valence-corrected chi connectivity index (χ4v) is 3.79. The number of nitrogens with zero attached hydrogens (tertiary/aromatic N) is 4. The van der Waals surface area contributed by atoms with Crippen molar-refractivity contribution in [2.45, 2.75) is 38.3 Å². The highest BCUT2D eigenvalue weighted by Crippen LogP contribution is 2.29. The third kappa shape index (κ3) is 4.23. The zero-order chi connectivity index (χ0) is 20.8. The van der Waals surface area contributed by atoms with Gasteiger partial charge in [-0.05, 0) is 41.1 Å². The molecule has 1 aliphatic rings. The molecule has 0 unspecified atom stereocenters. The average molecular weight is 393 g/mol. The molecule has 8 nitrogen and oxygen atoms in total. The largest absolute Gasteiger partial charge is 0.326 e. The molecule has 29 heavy (non-hydrogen) atoms. The van der Waals surface area contributed by atoms with Crippen LogP contribution in [0, 0.1) is 0 Å². The van der Waals surface area contributed by atoms with Gasteiger partial charge in [-0.15, -0.1) is 0 Å². The highest BCUT2D eigenvalue weighted by molar-refractivity contribution is 6.03. The van der Waals surface area contributed by atoms with Crippen LogP contribution in [0.2, 0.25) is 0 Å². The molecule has 1 heterocycles. The van der Waals surface area contributed by atoms with Crippen LogP contribution in [-0.4, -0.2) is 40.5 Å². The lowest BCUT2D eigenvalue weighted by atomic mass is 9.97. The Morgan fingerprint density at radius 1 is 1.24 bits per heavy atom. The highest BCUT2D eigenvalue weighted by Gasteiger charge is 2.42. The Morgan fingerprint density at radius 2 is 1.97 bits per heavy atom. The number of amides is 2. The number of hydrogen-bond acceptors (Lipinski definition) is 4. The number of hydroxylamine groups is 1. The van der Waals surface area contributed by atoms with Gasteiger partial charge >= 0.3 is 0 Å². The number of benzene rings is 2. The van der Waals surface area contributed by atoms with Gasteiger partial charge in [0, 0.05) is 17.0 Å². The first-order valence-corrected chi connectivity index (χ1v) is 9.58. The Kier molecular flexibility index (Phi) is 6.49. The highest BCUT2D eigenvalue weighted by atomic mass is 16.5. The molecule has 8 heteroatoms. The molecule has 150 valence electrons. The average Bonchev–Trinajstić information content (AvgIpc) is 3.17. The first-order valence-electron chi connectivity index (χ1n) is 9.58. The van der Waals surface area contributed by atoms with Gasteiger partial charge in [-0.1, -0.05) is 60.9 Å². The fourth-order valence-electron chi connectivity index (χ4n) is 3.79. The minimum absolute atomic E-state index is 0.254. The number of carbonyl (C=O) groups excluding carboxylic acids is 2. The molecule has 1 aliphatic heterocycles. The van der Waals surface area contributed by atoms with Crippen LogP contribution in [0.25, 0.3) is 21.6 Å². The molecule has 0 bridgehead atoms. The summed E-state index contributed by atoms with van der Waals surface area (Å²) < 4.78 is 0. The second-order valence-electron chi connectivity index (χ2n) is 6.97. The van der Waals surface area contributed by atoms with Crippen LogP contribution < -0.4 is 5.48 Å². The van der Waals surface area contributed by atoms with Crippen molar-refractivity contribution in [3.63, 3.8) is 0 Å². The summed E-state index contributed by atoms with van der Waals surface area (Å²) in [6.07, 6.45) is 2.40. The molecule has 2 aromatic carbocycles. The SMILES string of the molecule is CCCc1ccc(-c2ccccc2C(=O)N2CC[C@H](N=[N+]=[N-])[C@H]2C(=O)NO)cc1. The summed E-state index contributed by atoms with van der Waals surface area (Å²) in [7, 11) is 0. The van der Waals surface area contributed by atoms with Gasteiger partial charge in [-0.2, -0.15) is 0 Å². The molecule has 2 amide bonds. The molecule has 0 radical (unpaired) electrons. The number of nitrogens with one attached hydrogen (secondary N) is 1. The number of aryl methyl sites for hydroxylation is 1. The van der Waals surface area contributed by atoms with E-state index in [1.165, 1.54) is 10.5 Å². The van der Waals surface area contributed by atoms with Crippen molar-refractivity contribution >= 4 is 11.8 Å². The maximum atomic E-state index is 13.3. The van der Waals surface area contributed by atoms with Crippen molar-refractivity contribution in [3.05, 3.63) is 70.1 Å². The molecule has 0 aromatic heterocycles. The van der Waals surface area contributed by atoms with E-state index in [4.69, 9.17) is 10.7 Å². The van der Waals surface area contributed by atoms with Gasteiger partial charge in [0.25, 0.3) is 11.8 Å². The summed E-state index contributed by atoms with van der Waals surface area (Å²) >= 11 is 0. The van der Waals surface area contributed by atoms with Gasteiger partial charge in [0.2, 0.25) is 0 Å². The van der Waals surface area contributed by atoms with E-state index < -0.39 is 18.0 Å². The summed E-state index contributed by atoms with van der Waals surface area (Å²) in [4.78, 5) is 29.6. The van der Waals surface area contributed by atoms with Crippen molar-refractivity contribution in [2.75, 3.05) is 6.54 Å². The van der Waals surface area contributed by atoms with Gasteiger partial charge in [-0.3, -0.25) is 14.8 Å². The molecule has 0 saturated carbocycles. The van der Waals surface area contributed by atoms with Gasteiger partial charge in [0.15, 0.2) is 0 Å². The number of hydrogen-bond donors (Lipinski definition) is 2. The monoisotopic (exact) mass is 393 g/mol. The van der Waals surface area contributed by atoms with E-state index in [2.05, 4.69) is 29.1 Å². The van der Waals surface area contributed by atoms with Crippen molar-refractivity contribution < 1.29 is 14.8 Å². The predicted octanol–water partition coefficient (Wildman–Crippen LogP) is 3.70. The molecule has 1 fully saturated rings. The summed E-state index contributed by atoms with van der Waals surface area (Å²) in [5, 5.41) is 12.7. The Morgan fingerprint density at radius 3 is 2.62 bits per heavy atom. The Labute approximate surface area is 168 Å². The van der Waals surface area contributed by atoms with Crippen molar-refractivity contribution in [1.82, 2.24) is 10.4 Å². The zero-order valence-corrected chi connectivity index (χ0v) is 16.2. The van der Waals surface area contributed by atoms with E-state index in [9.17, 15) is 9.59 Å². The molecule has 2 aromatic rings. The topological polar surface area (TPSA) is 118 Å². The quantitative estimate of drug-likeness (QED) is 0.256. The zero-order valence-electron chi connectivity index (χ0n) is 16.2. The Hall–Kier alpha value is -3.35. The summed E-state index contributed by atoms with van der Waals surface area (Å²) in [6, 6.07) is 13.5. The van der Waals surface area contributed by atoms with Crippen LogP contribution in [0.15, 0.2) is 53.6 Å². The van der Waals surface area contributed by atoms with E-state index in [-0.39, 0.29) is 12.5 Å². The van der Waals surface area contributed by atoms with E-state index in [1.54, 1.807) is 17.6 Å². The minimum Gasteiger partial charge on any atom is -0.326 e. The minimum atomic E-state index is -1.05. The molecule has 1 saturated heterocycles. The number of likely N-dealkylation sites (tertiary alicyclic amines) is 1. The van der Waals surface area contributed by atoms with Gasteiger partial charge in [0.05, 0.1) is 6.04 Å². The van der Waals surface area contributed by atoms with Crippen LogP contribution >= 0.6 is 0 Å². The third-order valence-electron chi connectivity index (χ3n) is 5.17. The molecule has 2 atom stereocenters. The van der Waals surface area contributed by atoms with Crippen LogP contribution in [0.5, 0.6) is 0 Å². The molecule has 3 rings (SSSR count). The fraction of sp³-hybridized carbons (Fsp3) is 0.333. The van der Waals surface area contributed by atoms with Crippen molar-refractivity contribution in [3.8, 4) is 11.1 Å². The maximum Gasteiger partial charge on any atom is 0.266 e. The number of carbonyl (C=O) groups is 2. The maximum absolute atomic E-state index is 13.3. The summed E-state index contributed by atoms with van der Waals surface area (Å²) in [5.41, 5.74) is 13.7. The Balaban J connectivity index is 1.95. The van der Waals surface area contributed by atoms with Crippen molar-refractivity contribution in [2.24, 2.45) is 5.11 Å². The standard InChI is InChI=1S/C21H23N5O3/c1-2-5-14-8-10-15(11-9-14)16-6-3-4-7-17(16)21(28)26-13-12-18(23-25-22)19(26)20(27)24-29/h3-4,6-11,18-19,29H,2,5,12-13H2,1H3,(H,24,27)/t18-,19-/m0/s1. The van der Waals surface area contributed by atoms with Crippen LogP contribution in [0.4, 0.5) is 0 Å². The van der Waals surface area contributed by atoms with Crippen LogP contribution in [0.1, 0.15) is 35.7 Å². The molecular weight excluding hydrogens is 370 g/mol. The lowest BCUT2D eigenvalue weighted by Crippen LogP contribution is -2.49. The number of rotatable bonds is 6. The third-order valence-corrected chi connectivity index (χ3v) is 5.17. The van der Waals surface area contributed by atoms with Gasteiger partial charge < -0.3 is 4.90 Å². The smallest absolute Gasteiger partial charge is 0.266 e. The first-order chi connectivity index (χ1) is 14.1. The van der Waals surface area contributed by atoms with Gasteiger partial charge in [-0.25, -0.2) is 5.48 Å². The van der Waals surface area contributed by atoms with E-state index in [0.29, 0.717) is 12.0 Å². The van der Waals surface area contributed by atoms with Crippen molar-refractivity contribution in [1.29, 1.82) is 0 Å². The molecule has 0 spiro atoms.